The minimum absolute atomic E-state index is 0.0684. The zero-order valence-corrected chi connectivity index (χ0v) is 10.1. The predicted molar refractivity (Wildman–Crippen MR) is 61.2 cm³/mol. The fourth-order valence-electron chi connectivity index (χ4n) is 0.923. The van der Waals surface area contributed by atoms with E-state index < -0.39 is 15.5 Å². The molecule has 0 heterocycles. The summed E-state index contributed by atoms with van der Waals surface area (Å²) in [5, 5.41) is -0.639. The van der Waals surface area contributed by atoms with Crippen LogP contribution >= 0.6 is 23.2 Å². The van der Waals surface area contributed by atoms with Gasteiger partial charge in [-0.05, 0) is 12.1 Å². The lowest BCUT2D eigenvalue weighted by atomic mass is 10.3. The molecule has 6 heteroatoms. The second-order valence-electron chi connectivity index (χ2n) is 2.87. The van der Waals surface area contributed by atoms with E-state index in [9.17, 15) is 8.42 Å². The standard InChI is InChI=1S/C9H10Cl2O3S/c10-6-8(11)7-15(12,13)14-9-4-2-1-3-5-9/h1-5,8H,6-7H2. The van der Waals surface area contributed by atoms with Gasteiger partial charge in [0.1, 0.15) is 11.5 Å². The molecule has 0 amide bonds. The highest BCUT2D eigenvalue weighted by molar-refractivity contribution is 7.87. The Balaban J connectivity index is 2.65. The van der Waals surface area contributed by atoms with Crippen LogP contribution in [0.2, 0.25) is 0 Å². The van der Waals surface area contributed by atoms with Crippen molar-refractivity contribution in [1.82, 2.24) is 0 Å². The molecule has 0 radical (unpaired) electrons. The van der Waals surface area contributed by atoms with Gasteiger partial charge in [0, 0.05) is 5.88 Å². The van der Waals surface area contributed by atoms with E-state index in [4.69, 9.17) is 27.4 Å². The fourth-order valence-corrected chi connectivity index (χ4v) is 2.66. The lowest BCUT2D eigenvalue weighted by Gasteiger charge is -2.08. The van der Waals surface area contributed by atoms with Crippen LogP contribution in [0.1, 0.15) is 0 Å². The third-order valence-electron chi connectivity index (χ3n) is 1.52. The molecule has 0 spiro atoms. The second kappa shape index (κ2) is 5.58. The van der Waals surface area contributed by atoms with E-state index >= 15 is 0 Å². The van der Waals surface area contributed by atoms with Crippen molar-refractivity contribution < 1.29 is 12.6 Å². The van der Waals surface area contributed by atoms with Crippen molar-refractivity contribution in [3.05, 3.63) is 30.3 Å². The topological polar surface area (TPSA) is 43.4 Å². The number of halogens is 2. The zero-order chi connectivity index (χ0) is 11.3. The van der Waals surface area contributed by atoms with Crippen molar-refractivity contribution in [3.8, 4) is 5.75 Å². The van der Waals surface area contributed by atoms with Crippen molar-refractivity contribution in [2.75, 3.05) is 11.6 Å². The largest absolute Gasteiger partial charge is 0.382 e. The molecule has 84 valence electrons. The van der Waals surface area contributed by atoms with Crippen LogP contribution < -0.4 is 4.18 Å². The first-order chi connectivity index (χ1) is 7.03. The van der Waals surface area contributed by atoms with Crippen LogP contribution in [-0.4, -0.2) is 25.4 Å². The number of para-hydroxylation sites is 1. The van der Waals surface area contributed by atoms with Gasteiger partial charge in [0.2, 0.25) is 0 Å². The Morgan fingerprint density at radius 2 is 1.87 bits per heavy atom. The lowest BCUT2D eigenvalue weighted by Crippen LogP contribution is -2.22. The highest BCUT2D eigenvalue weighted by Crippen LogP contribution is 2.13. The first-order valence-electron chi connectivity index (χ1n) is 4.21. The molecule has 0 aromatic heterocycles. The molecule has 15 heavy (non-hydrogen) atoms. The maximum absolute atomic E-state index is 11.4. The van der Waals surface area contributed by atoms with Gasteiger partial charge in [0.25, 0.3) is 0 Å². The summed E-state index contributed by atoms with van der Waals surface area (Å²) in [4.78, 5) is 0. The Bertz CT molecular complexity index is 391. The van der Waals surface area contributed by atoms with Gasteiger partial charge in [-0.25, -0.2) is 0 Å². The van der Waals surface area contributed by atoms with Crippen molar-refractivity contribution in [3.63, 3.8) is 0 Å². The van der Waals surface area contributed by atoms with Gasteiger partial charge in [0.05, 0.1) is 5.38 Å². The van der Waals surface area contributed by atoms with Crippen LogP contribution in [0.25, 0.3) is 0 Å². The van der Waals surface area contributed by atoms with Crippen LogP contribution in [-0.2, 0) is 10.1 Å². The number of hydrogen-bond donors (Lipinski definition) is 0. The Labute approximate surface area is 99.1 Å². The summed E-state index contributed by atoms with van der Waals surface area (Å²) in [5.74, 6) is 0.0437. The first kappa shape index (κ1) is 12.6. The quantitative estimate of drug-likeness (QED) is 0.608. The molecule has 0 saturated heterocycles. The number of benzene rings is 1. The smallest absolute Gasteiger partial charge is 0.310 e. The molecule has 0 N–H and O–H groups in total. The average molecular weight is 269 g/mol. The Hall–Kier alpha value is -0.450. The molecule has 0 aliphatic carbocycles. The SMILES string of the molecule is O=S(=O)(CC(Cl)CCl)Oc1ccccc1. The Morgan fingerprint density at radius 1 is 1.27 bits per heavy atom. The van der Waals surface area contributed by atoms with E-state index in [0.717, 1.165) is 0 Å². The summed E-state index contributed by atoms with van der Waals surface area (Å²) < 4.78 is 27.6. The predicted octanol–water partition coefficient (Wildman–Crippen LogP) is 2.24. The van der Waals surface area contributed by atoms with Gasteiger partial charge >= 0.3 is 10.1 Å². The van der Waals surface area contributed by atoms with E-state index in [1.54, 1.807) is 30.3 Å². The van der Waals surface area contributed by atoms with Crippen molar-refractivity contribution in [1.29, 1.82) is 0 Å². The Kier molecular flexibility index (Phi) is 4.70. The van der Waals surface area contributed by atoms with Crippen LogP contribution in [0.3, 0.4) is 0 Å². The zero-order valence-electron chi connectivity index (χ0n) is 7.77. The molecule has 3 nitrogen and oxygen atoms in total. The molecule has 0 fully saturated rings. The van der Waals surface area contributed by atoms with E-state index in [-0.39, 0.29) is 17.4 Å². The summed E-state index contributed by atoms with van der Waals surface area (Å²) in [6, 6.07) is 8.25. The summed E-state index contributed by atoms with van der Waals surface area (Å²) in [7, 11) is -3.66. The average Bonchev–Trinajstić information content (AvgIpc) is 2.17. The number of hydrogen-bond acceptors (Lipinski definition) is 3. The summed E-state index contributed by atoms with van der Waals surface area (Å²) in [6.07, 6.45) is 0. The van der Waals surface area contributed by atoms with Crippen LogP contribution in [0.5, 0.6) is 5.75 Å². The fraction of sp³-hybridized carbons (Fsp3) is 0.333. The maximum Gasteiger partial charge on any atom is 0.310 e. The molecular weight excluding hydrogens is 259 g/mol. The highest BCUT2D eigenvalue weighted by atomic mass is 35.5. The minimum Gasteiger partial charge on any atom is -0.382 e. The van der Waals surface area contributed by atoms with E-state index in [1.165, 1.54) is 0 Å². The summed E-state index contributed by atoms with van der Waals surface area (Å²) in [6.45, 7) is 0. The summed E-state index contributed by atoms with van der Waals surface area (Å²) in [5.41, 5.74) is 0. The van der Waals surface area contributed by atoms with E-state index in [0.29, 0.717) is 0 Å². The second-order valence-corrected chi connectivity index (χ2v) is 5.41. The monoisotopic (exact) mass is 268 g/mol. The van der Waals surface area contributed by atoms with E-state index in [2.05, 4.69) is 0 Å². The van der Waals surface area contributed by atoms with Crippen molar-refractivity contribution in [2.24, 2.45) is 0 Å². The van der Waals surface area contributed by atoms with Crippen LogP contribution in [0, 0.1) is 0 Å². The minimum atomic E-state index is -3.66. The van der Waals surface area contributed by atoms with Crippen LogP contribution in [0.4, 0.5) is 0 Å². The lowest BCUT2D eigenvalue weighted by molar-refractivity contribution is 0.485. The molecule has 1 aromatic rings. The molecule has 0 aliphatic heterocycles. The normalized spacial score (nSPS) is 13.5. The van der Waals surface area contributed by atoms with Gasteiger partial charge in [-0.2, -0.15) is 8.42 Å². The van der Waals surface area contributed by atoms with Gasteiger partial charge in [-0.15, -0.1) is 23.2 Å². The third kappa shape index (κ3) is 4.73. The first-order valence-corrected chi connectivity index (χ1v) is 6.75. The highest BCUT2D eigenvalue weighted by Gasteiger charge is 2.18. The van der Waals surface area contributed by atoms with Gasteiger partial charge < -0.3 is 4.18 Å². The molecule has 0 aliphatic rings. The molecule has 0 bridgehead atoms. The van der Waals surface area contributed by atoms with Gasteiger partial charge in [0.15, 0.2) is 0 Å². The molecule has 1 rings (SSSR count). The molecule has 1 aromatic carbocycles. The summed E-state index contributed by atoms with van der Waals surface area (Å²) >= 11 is 11.0. The molecule has 1 unspecified atom stereocenters. The molecule has 0 saturated carbocycles. The number of alkyl halides is 2. The van der Waals surface area contributed by atoms with Crippen molar-refractivity contribution in [2.45, 2.75) is 5.38 Å². The Morgan fingerprint density at radius 3 is 2.40 bits per heavy atom. The van der Waals surface area contributed by atoms with Crippen LogP contribution in [0.15, 0.2) is 30.3 Å². The third-order valence-corrected chi connectivity index (χ3v) is 3.80. The van der Waals surface area contributed by atoms with Crippen molar-refractivity contribution >= 4 is 33.3 Å². The molecule has 1 atom stereocenters. The van der Waals surface area contributed by atoms with Gasteiger partial charge in [-0.3, -0.25) is 0 Å². The maximum atomic E-state index is 11.4. The van der Waals surface area contributed by atoms with E-state index in [1.807, 2.05) is 0 Å². The number of rotatable bonds is 5. The van der Waals surface area contributed by atoms with Gasteiger partial charge in [-0.1, -0.05) is 18.2 Å². The molecular formula is C9H10Cl2O3S.